The highest BCUT2D eigenvalue weighted by Crippen LogP contribution is 2.22. The zero-order chi connectivity index (χ0) is 10.5. The second-order valence-electron chi connectivity index (χ2n) is 3.29. The molecule has 1 aromatic heterocycles. The summed E-state index contributed by atoms with van der Waals surface area (Å²) in [4.78, 5) is 4.58. The monoisotopic (exact) mass is 237 g/mol. The van der Waals surface area contributed by atoms with Crippen LogP contribution in [0.2, 0.25) is 0 Å². The van der Waals surface area contributed by atoms with Crippen molar-refractivity contribution in [2.75, 3.05) is 5.88 Å². The van der Waals surface area contributed by atoms with Crippen LogP contribution in [-0.2, 0) is 6.42 Å². The molecular weight excluding hydrogens is 226 g/mol. The molecule has 0 saturated carbocycles. The van der Waals surface area contributed by atoms with Crippen LogP contribution in [0.5, 0.6) is 0 Å². The molecule has 1 heterocycles. The molecule has 0 fully saturated rings. The van der Waals surface area contributed by atoms with Crippen LogP contribution in [0.1, 0.15) is 11.4 Å². The summed E-state index contributed by atoms with van der Waals surface area (Å²) in [7, 11) is 0. The van der Waals surface area contributed by atoms with E-state index < -0.39 is 0 Å². The zero-order valence-electron chi connectivity index (χ0n) is 8.32. The molecule has 78 valence electrons. The van der Waals surface area contributed by atoms with Crippen molar-refractivity contribution in [2.45, 2.75) is 12.8 Å². The molecule has 1 nitrogen and oxygen atoms in total. The van der Waals surface area contributed by atoms with Gasteiger partial charge in [-0.25, -0.2) is 4.98 Å². The Kier molecular flexibility index (Phi) is 3.75. The topological polar surface area (TPSA) is 12.9 Å². The lowest BCUT2D eigenvalue weighted by atomic mass is 10.2. The van der Waals surface area contributed by atoms with Crippen LogP contribution in [0.3, 0.4) is 0 Å². The van der Waals surface area contributed by atoms with Gasteiger partial charge in [-0.15, -0.1) is 22.9 Å². The van der Waals surface area contributed by atoms with Crippen LogP contribution in [0.4, 0.5) is 0 Å². The van der Waals surface area contributed by atoms with E-state index in [9.17, 15) is 0 Å². The van der Waals surface area contributed by atoms with Crippen molar-refractivity contribution in [2.24, 2.45) is 0 Å². The molecule has 0 N–H and O–H groups in total. The number of halogens is 1. The Balaban J connectivity index is 2.14. The highest BCUT2D eigenvalue weighted by atomic mass is 35.5. The summed E-state index contributed by atoms with van der Waals surface area (Å²) in [5, 5.41) is 3.29. The first-order valence-corrected chi connectivity index (χ1v) is 6.37. The van der Waals surface area contributed by atoms with Gasteiger partial charge in [-0.05, 0) is 6.42 Å². The van der Waals surface area contributed by atoms with Gasteiger partial charge in [-0.2, -0.15) is 0 Å². The number of benzene rings is 1. The maximum Gasteiger partial charge on any atom is 0.0933 e. The van der Waals surface area contributed by atoms with Crippen molar-refractivity contribution < 1.29 is 0 Å². The summed E-state index contributed by atoms with van der Waals surface area (Å²) in [6.45, 7) is 0. The van der Waals surface area contributed by atoms with Crippen LogP contribution in [0, 0.1) is 0 Å². The molecule has 0 amide bonds. The quantitative estimate of drug-likeness (QED) is 0.733. The number of hydrogen-bond acceptors (Lipinski definition) is 2. The van der Waals surface area contributed by atoms with E-state index in [0.717, 1.165) is 18.5 Å². The van der Waals surface area contributed by atoms with Gasteiger partial charge in [0.05, 0.1) is 10.7 Å². The first-order chi connectivity index (χ1) is 7.40. The van der Waals surface area contributed by atoms with Crippen molar-refractivity contribution in [3.63, 3.8) is 0 Å². The fourth-order valence-electron chi connectivity index (χ4n) is 1.39. The molecule has 0 aliphatic heterocycles. The maximum absolute atomic E-state index is 5.65. The van der Waals surface area contributed by atoms with Crippen molar-refractivity contribution >= 4 is 22.9 Å². The van der Waals surface area contributed by atoms with Crippen LogP contribution in [0.15, 0.2) is 35.7 Å². The van der Waals surface area contributed by atoms with Crippen LogP contribution in [0.25, 0.3) is 11.3 Å². The van der Waals surface area contributed by atoms with Gasteiger partial charge < -0.3 is 0 Å². The number of aryl methyl sites for hydroxylation is 1. The molecule has 2 rings (SSSR count). The summed E-state index contributed by atoms with van der Waals surface area (Å²) in [5.41, 5.74) is 2.26. The second kappa shape index (κ2) is 5.29. The van der Waals surface area contributed by atoms with Crippen molar-refractivity contribution in [1.82, 2.24) is 4.98 Å². The van der Waals surface area contributed by atoms with Gasteiger partial charge in [0.1, 0.15) is 0 Å². The molecule has 0 radical (unpaired) electrons. The molecule has 2 aromatic rings. The van der Waals surface area contributed by atoms with E-state index in [1.165, 1.54) is 10.6 Å². The normalized spacial score (nSPS) is 10.5. The largest absolute Gasteiger partial charge is 0.241 e. The van der Waals surface area contributed by atoms with Gasteiger partial charge in [-0.1, -0.05) is 30.3 Å². The third kappa shape index (κ3) is 2.80. The Morgan fingerprint density at radius 3 is 2.73 bits per heavy atom. The van der Waals surface area contributed by atoms with E-state index in [1.807, 2.05) is 18.2 Å². The van der Waals surface area contributed by atoms with Crippen molar-refractivity contribution in [1.29, 1.82) is 0 Å². The average Bonchev–Trinajstić information content (AvgIpc) is 2.76. The van der Waals surface area contributed by atoms with Gasteiger partial charge in [0.25, 0.3) is 0 Å². The third-order valence-corrected chi connectivity index (χ3v) is 3.32. The van der Waals surface area contributed by atoms with E-state index >= 15 is 0 Å². The fraction of sp³-hybridized carbons (Fsp3) is 0.250. The lowest BCUT2D eigenvalue weighted by molar-refractivity contribution is 0.916. The molecule has 0 bridgehead atoms. The van der Waals surface area contributed by atoms with E-state index in [1.54, 1.807) is 11.3 Å². The van der Waals surface area contributed by atoms with Gasteiger partial charge >= 0.3 is 0 Å². The van der Waals surface area contributed by atoms with E-state index in [-0.39, 0.29) is 0 Å². The fourth-order valence-corrected chi connectivity index (χ4v) is 2.37. The molecule has 0 aliphatic rings. The van der Waals surface area contributed by atoms with Gasteiger partial charge in [0.15, 0.2) is 0 Å². The first kappa shape index (κ1) is 10.7. The number of aromatic nitrogens is 1. The van der Waals surface area contributed by atoms with Crippen molar-refractivity contribution in [3.8, 4) is 11.3 Å². The van der Waals surface area contributed by atoms with Crippen molar-refractivity contribution in [3.05, 3.63) is 40.7 Å². The lowest BCUT2D eigenvalue weighted by Gasteiger charge is -1.94. The number of rotatable bonds is 4. The molecule has 15 heavy (non-hydrogen) atoms. The number of alkyl halides is 1. The molecule has 0 saturated heterocycles. The molecule has 0 spiro atoms. The molecule has 3 heteroatoms. The second-order valence-corrected chi connectivity index (χ2v) is 4.61. The Morgan fingerprint density at radius 1 is 1.20 bits per heavy atom. The average molecular weight is 238 g/mol. The first-order valence-electron chi connectivity index (χ1n) is 4.96. The smallest absolute Gasteiger partial charge is 0.0933 e. The number of thiazole rings is 1. The Morgan fingerprint density at radius 2 is 2.00 bits per heavy atom. The number of nitrogens with zero attached hydrogens (tertiary/aromatic N) is 1. The van der Waals surface area contributed by atoms with Crippen LogP contribution < -0.4 is 0 Å². The van der Waals surface area contributed by atoms with E-state index in [4.69, 9.17) is 11.6 Å². The third-order valence-electron chi connectivity index (χ3n) is 2.15. The molecule has 1 aromatic carbocycles. The van der Waals surface area contributed by atoms with Crippen LogP contribution >= 0.6 is 22.9 Å². The van der Waals surface area contributed by atoms with Gasteiger partial charge in [-0.3, -0.25) is 0 Å². The number of hydrogen-bond donors (Lipinski definition) is 0. The Bertz CT molecular complexity index is 411. The minimum atomic E-state index is 0.709. The van der Waals surface area contributed by atoms with E-state index in [2.05, 4.69) is 22.5 Å². The van der Waals surface area contributed by atoms with Crippen LogP contribution in [-0.4, -0.2) is 10.9 Å². The Labute approximate surface area is 98.7 Å². The predicted octanol–water partition coefficient (Wildman–Crippen LogP) is 3.98. The predicted molar refractivity (Wildman–Crippen MR) is 66.6 cm³/mol. The highest BCUT2D eigenvalue weighted by Gasteiger charge is 2.03. The van der Waals surface area contributed by atoms with E-state index in [0.29, 0.717) is 5.88 Å². The minimum absolute atomic E-state index is 0.709. The summed E-state index contributed by atoms with van der Waals surface area (Å²) in [5.74, 6) is 0.709. The summed E-state index contributed by atoms with van der Waals surface area (Å²) >= 11 is 7.37. The Hall–Kier alpha value is -0.860. The molecule has 0 unspecified atom stereocenters. The zero-order valence-corrected chi connectivity index (χ0v) is 9.89. The summed E-state index contributed by atoms with van der Waals surface area (Å²) in [6.07, 6.45) is 1.99. The molecular formula is C12H12ClNS. The highest BCUT2D eigenvalue weighted by molar-refractivity contribution is 7.09. The summed E-state index contributed by atoms with van der Waals surface area (Å²) in [6, 6.07) is 10.3. The molecule has 0 aliphatic carbocycles. The minimum Gasteiger partial charge on any atom is -0.241 e. The lowest BCUT2D eigenvalue weighted by Crippen LogP contribution is -1.85. The summed E-state index contributed by atoms with van der Waals surface area (Å²) < 4.78 is 0. The maximum atomic E-state index is 5.65. The SMILES string of the molecule is ClCCCc1nc(-c2ccccc2)cs1. The molecule has 0 atom stereocenters. The van der Waals surface area contributed by atoms with Gasteiger partial charge in [0, 0.05) is 23.2 Å². The standard InChI is InChI=1S/C12H12ClNS/c13-8-4-7-12-14-11(9-15-12)10-5-2-1-3-6-10/h1-3,5-6,9H,4,7-8H2. The van der Waals surface area contributed by atoms with Gasteiger partial charge in [0.2, 0.25) is 0 Å².